The van der Waals surface area contributed by atoms with Crippen molar-refractivity contribution in [3.63, 3.8) is 0 Å². The van der Waals surface area contributed by atoms with Crippen molar-refractivity contribution in [3.8, 4) is 0 Å². The number of amides is 1. The minimum Gasteiger partial charge on any atom is -0.466 e. The van der Waals surface area contributed by atoms with Crippen LogP contribution >= 0.6 is 22.9 Å². The van der Waals surface area contributed by atoms with Crippen LogP contribution in [0.4, 0.5) is 4.39 Å². The van der Waals surface area contributed by atoms with Crippen LogP contribution in [-0.2, 0) is 25.3 Å². The summed E-state index contributed by atoms with van der Waals surface area (Å²) < 4.78 is 33.2. The van der Waals surface area contributed by atoms with Crippen LogP contribution in [0.2, 0.25) is 5.02 Å². The predicted molar refractivity (Wildman–Crippen MR) is 139 cm³/mol. The Morgan fingerprint density at radius 3 is 2.81 bits per heavy atom. The molecule has 2 aromatic rings. The summed E-state index contributed by atoms with van der Waals surface area (Å²) in [5, 5.41) is 5.78. The summed E-state index contributed by atoms with van der Waals surface area (Å²) in [4.78, 5) is 37.2. The first-order valence-electron chi connectivity index (χ1n) is 11.6. The number of carbonyl (C=O) groups is 2. The molecule has 13 heteroatoms. The van der Waals surface area contributed by atoms with Gasteiger partial charge in [-0.3, -0.25) is 19.4 Å². The number of thiazole rings is 1. The van der Waals surface area contributed by atoms with Gasteiger partial charge in [-0.25, -0.2) is 18.4 Å². The summed E-state index contributed by atoms with van der Waals surface area (Å²) in [6, 6.07) is 2.55. The SMILES string of the molecule is COC(=O)C1=C(CN2CC3(CC3)CC2C(=O)NS(C)=O)NC(c2nccs2)=NC1c1ccc(F)cc1Cl. The molecule has 3 heterocycles. The fourth-order valence-corrected chi connectivity index (χ4v) is 6.27. The summed E-state index contributed by atoms with van der Waals surface area (Å²) in [6.07, 6.45) is 5.73. The smallest absolute Gasteiger partial charge is 0.338 e. The van der Waals surface area contributed by atoms with Crippen molar-refractivity contribution in [1.29, 1.82) is 0 Å². The molecule has 3 atom stereocenters. The van der Waals surface area contributed by atoms with Gasteiger partial charge in [0.15, 0.2) is 10.8 Å². The summed E-state index contributed by atoms with van der Waals surface area (Å²) in [7, 11) is -0.218. The topological polar surface area (TPSA) is 113 Å². The number of aromatic nitrogens is 1. The van der Waals surface area contributed by atoms with Crippen molar-refractivity contribution in [2.24, 2.45) is 10.4 Å². The molecular weight excluding hydrogens is 541 g/mol. The molecule has 3 aliphatic rings. The first-order valence-corrected chi connectivity index (χ1v) is 14.4. The number of benzene rings is 1. The number of nitrogens with one attached hydrogen (secondary N) is 2. The number of amidine groups is 1. The molecule has 1 saturated carbocycles. The molecule has 5 rings (SSSR count). The largest absolute Gasteiger partial charge is 0.466 e. The third-order valence-electron chi connectivity index (χ3n) is 6.89. The molecule has 0 bridgehead atoms. The zero-order chi connectivity index (χ0) is 26.3. The number of likely N-dealkylation sites (tertiary alicyclic amines) is 1. The monoisotopic (exact) mass is 565 g/mol. The second kappa shape index (κ2) is 10.2. The van der Waals surface area contributed by atoms with Gasteiger partial charge in [0, 0.05) is 47.2 Å². The van der Waals surface area contributed by atoms with Gasteiger partial charge < -0.3 is 10.1 Å². The average molecular weight is 566 g/mol. The number of aliphatic imine (C=N–C) groups is 1. The van der Waals surface area contributed by atoms with Crippen molar-refractivity contribution in [3.05, 3.63) is 62.5 Å². The molecule has 1 aromatic carbocycles. The van der Waals surface area contributed by atoms with Crippen LogP contribution in [-0.4, -0.2) is 64.3 Å². The minimum atomic E-state index is -1.49. The Labute approximate surface area is 224 Å². The second-order valence-electron chi connectivity index (χ2n) is 9.44. The number of ether oxygens (including phenoxy) is 1. The van der Waals surface area contributed by atoms with Crippen LogP contribution in [0.1, 0.15) is 35.9 Å². The minimum absolute atomic E-state index is 0.0454. The Kier molecular flexibility index (Phi) is 7.18. The number of carbonyl (C=O) groups excluding carboxylic acids is 2. The molecule has 1 spiro atoms. The highest BCUT2D eigenvalue weighted by Gasteiger charge is 2.54. The van der Waals surface area contributed by atoms with Gasteiger partial charge in [-0.2, -0.15) is 0 Å². The lowest BCUT2D eigenvalue weighted by Gasteiger charge is -2.31. The Hall–Kier alpha value is -2.67. The van der Waals surface area contributed by atoms with E-state index in [1.54, 1.807) is 11.6 Å². The first kappa shape index (κ1) is 26.0. The number of halogens is 2. The summed E-state index contributed by atoms with van der Waals surface area (Å²) in [5.41, 5.74) is 1.19. The van der Waals surface area contributed by atoms with Gasteiger partial charge in [-0.15, -0.1) is 11.3 Å². The maximum absolute atomic E-state index is 13.9. The number of nitrogens with zero attached hydrogens (tertiary/aromatic N) is 3. The van der Waals surface area contributed by atoms with E-state index >= 15 is 0 Å². The van der Waals surface area contributed by atoms with E-state index in [2.05, 4.69) is 15.0 Å². The number of hydrogen-bond donors (Lipinski definition) is 2. The molecule has 1 saturated heterocycles. The third kappa shape index (κ3) is 5.33. The lowest BCUT2D eigenvalue weighted by Crippen LogP contribution is -2.46. The van der Waals surface area contributed by atoms with Gasteiger partial charge in [-0.05, 0) is 36.8 Å². The summed E-state index contributed by atoms with van der Waals surface area (Å²) in [5.74, 6) is -1.01. The lowest BCUT2D eigenvalue weighted by molar-refractivity contribution is -0.136. The lowest BCUT2D eigenvalue weighted by atomic mass is 9.95. The van der Waals surface area contributed by atoms with Gasteiger partial charge in [0.05, 0.1) is 18.7 Å². The predicted octanol–water partition coefficient (Wildman–Crippen LogP) is 2.72. The Morgan fingerprint density at radius 1 is 1.41 bits per heavy atom. The quantitative estimate of drug-likeness (QED) is 0.496. The van der Waals surface area contributed by atoms with E-state index in [9.17, 15) is 18.2 Å². The van der Waals surface area contributed by atoms with Gasteiger partial charge in [0.1, 0.15) is 22.8 Å². The van der Waals surface area contributed by atoms with Crippen molar-refractivity contribution in [1.82, 2.24) is 19.9 Å². The van der Waals surface area contributed by atoms with Gasteiger partial charge in [0.25, 0.3) is 0 Å². The van der Waals surface area contributed by atoms with Crippen LogP contribution in [0.15, 0.2) is 46.0 Å². The van der Waals surface area contributed by atoms with Gasteiger partial charge in [0.2, 0.25) is 5.91 Å². The fraction of sp³-hybridized carbons (Fsp3) is 0.417. The average Bonchev–Trinajstić information content (AvgIpc) is 3.23. The van der Waals surface area contributed by atoms with Crippen LogP contribution in [0, 0.1) is 11.2 Å². The Morgan fingerprint density at radius 2 is 2.19 bits per heavy atom. The van der Waals surface area contributed by atoms with E-state index in [0.717, 1.165) is 12.8 Å². The molecule has 37 heavy (non-hydrogen) atoms. The molecule has 1 amide bonds. The zero-order valence-electron chi connectivity index (χ0n) is 20.1. The molecule has 9 nitrogen and oxygen atoms in total. The summed E-state index contributed by atoms with van der Waals surface area (Å²) in [6.45, 7) is 0.868. The second-order valence-corrected chi connectivity index (χ2v) is 11.9. The molecule has 2 fully saturated rings. The fourth-order valence-electron chi connectivity index (χ4n) is 4.99. The number of methoxy groups -OCH3 is 1. The summed E-state index contributed by atoms with van der Waals surface area (Å²) >= 11 is 7.78. The van der Waals surface area contributed by atoms with Crippen LogP contribution in [0.25, 0.3) is 0 Å². The Balaban J connectivity index is 1.58. The van der Waals surface area contributed by atoms with Crippen LogP contribution < -0.4 is 10.0 Å². The van der Waals surface area contributed by atoms with Gasteiger partial charge in [-0.1, -0.05) is 17.7 Å². The van der Waals surface area contributed by atoms with Crippen LogP contribution in [0.3, 0.4) is 0 Å². The maximum atomic E-state index is 13.9. The molecule has 2 aliphatic heterocycles. The van der Waals surface area contributed by atoms with Crippen molar-refractivity contribution in [2.45, 2.75) is 31.3 Å². The van der Waals surface area contributed by atoms with E-state index < -0.39 is 34.9 Å². The maximum Gasteiger partial charge on any atom is 0.338 e. The molecule has 0 radical (unpaired) electrons. The molecule has 2 N–H and O–H groups in total. The molecule has 1 aliphatic carbocycles. The van der Waals surface area contributed by atoms with E-state index in [-0.39, 0.29) is 28.5 Å². The first-order chi connectivity index (χ1) is 17.7. The van der Waals surface area contributed by atoms with Crippen LogP contribution in [0.5, 0.6) is 0 Å². The number of hydrogen-bond acceptors (Lipinski definition) is 9. The van der Waals surface area contributed by atoms with Crippen molar-refractivity contribution < 1.29 is 22.9 Å². The standard InChI is InChI=1S/C24H25ClFN5O4S2/c1-35-23(33)18-16(11-31-12-24(5-6-24)10-17(31)21(32)30-37(2)34)28-20(22-27-7-8-36-22)29-19(18)14-4-3-13(26)9-15(14)25/h3-4,7-9,17,19H,5-6,10-12H2,1-2H3,(H,28,29)(H,30,32). The van der Waals surface area contributed by atoms with Gasteiger partial charge >= 0.3 is 5.97 Å². The normalized spacial score (nSPS) is 23.4. The van der Waals surface area contributed by atoms with Crippen molar-refractivity contribution >= 4 is 51.6 Å². The molecular formula is C24H25ClFN5O4S2. The van der Waals surface area contributed by atoms with E-state index in [0.29, 0.717) is 35.1 Å². The number of rotatable bonds is 7. The molecule has 3 unspecified atom stereocenters. The third-order valence-corrected chi connectivity index (χ3v) is 8.49. The van der Waals surface area contributed by atoms with E-state index in [1.807, 2.05) is 4.90 Å². The highest BCUT2D eigenvalue weighted by atomic mass is 35.5. The number of esters is 1. The Bertz CT molecular complexity index is 1330. The van der Waals surface area contributed by atoms with E-state index in [1.165, 1.54) is 42.9 Å². The highest BCUT2D eigenvalue weighted by Crippen LogP contribution is 2.55. The zero-order valence-corrected chi connectivity index (χ0v) is 22.5. The highest BCUT2D eigenvalue weighted by molar-refractivity contribution is 7.82. The molecule has 1 aromatic heterocycles. The van der Waals surface area contributed by atoms with Crippen molar-refractivity contribution in [2.75, 3.05) is 26.5 Å². The molecule has 196 valence electrons. The van der Waals surface area contributed by atoms with E-state index in [4.69, 9.17) is 21.3 Å².